The SMILES string of the molecule is Cc1ccc(C2=NC(c3ccccc3)N(c3ccc(I)cc3)C2C)c(Cl)c1. The fourth-order valence-electron chi connectivity index (χ4n) is 3.61. The van der Waals surface area contributed by atoms with Crippen molar-refractivity contribution in [2.45, 2.75) is 26.1 Å². The smallest absolute Gasteiger partial charge is 0.148 e. The van der Waals surface area contributed by atoms with E-state index >= 15 is 0 Å². The van der Waals surface area contributed by atoms with Gasteiger partial charge in [0.25, 0.3) is 0 Å². The van der Waals surface area contributed by atoms with Crippen LogP contribution in [0, 0.1) is 10.5 Å². The molecule has 0 bridgehead atoms. The Balaban J connectivity index is 1.82. The zero-order valence-corrected chi connectivity index (χ0v) is 18.1. The molecule has 0 amide bonds. The van der Waals surface area contributed by atoms with Gasteiger partial charge >= 0.3 is 0 Å². The molecular formula is C23H20ClIN2. The van der Waals surface area contributed by atoms with Crippen molar-refractivity contribution in [3.8, 4) is 0 Å². The van der Waals surface area contributed by atoms with Gasteiger partial charge in [-0.2, -0.15) is 0 Å². The van der Waals surface area contributed by atoms with Crippen LogP contribution in [0.15, 0.2) is 77.8 Å². The van der Waals surface area contributed by atoms with Gasteiger partial charge in [0.15, 0.2) is 0 Å². The Morgan fingerprint density at radius 3 is 2.33 bits per heavy atom. The predicted molar refractivity (Wildman–Crippen MR) is 123 cm³/mol. The number of halogens is 2. The molecule has 0 spiro atoms. The third-order valence-corrected chi connectivity index (χ3v) is 5.99. The highest BCUT2D eigenvalue weighted by atomic mass is 127. The van der Waals surface area contributed by atoms with E-state index < -0.39 is 0 Å². The predicted octanol–water partition coefficient (Wildman–Crippen LogP) is 6.65. The second kappa shape index (κ2) is 7.64. The lowest BCUT2D eigenvalue weighted by Gasteiger charge is -2.30. The van der Waals surface area contributed by atoms with Crippen LogP contribution >= 0.6 is 34.2 Å². The number of anilines is 1. The van der Waals surface area contributed by atoms with Crippen LogP contribution < -0.4 is 4.90 Å². The molecular weight excluding hydrogens is 467 g/mol. The van der Waals surface area contributed by atoms with Crippen molar-refractivity contribution in [2.75, 3.05) is 4.90 Å². The fraction of sp³-hybridized carbons (Fsp3) is 0.174. The molecule has 1 heterocycles. The maximum absolute atomic E-state index is 6.58. The highest BCUT2D eigenvalue weighted by Gasteiger charge is 2.35. The average Bonchev–Trinajstić information content (AvgIpc) is 3.00. The molecule has 0 aromatic heterocycles. The minimum absolute atomic E-state index is 0.0615. The summed E-state index contributed by atoms with van der Waals surface area (Å²) >= 11 is 8.92. The molecule has 2 unspecified atom stereocenters. The average molecular weight is 487 g/mol. The fourth-order valence-corrected chi connectivity index (χ4v) is 4.30. The molecule has 0 saturated carbocycles. The quantitative estimate of drug-likeness (QED) is 0.378. The second-order valence-corrected chi connectivity index (χ2v) is 8.49. The highest BCUT2D eigenvalue weighted by Crippen LogP contribution is 2.38. The van der Waals surface area contributed by atoms with Crippen molar-refractivity contribution in [3.63, 3.8) is 0 Å². The number of hydrogen-bond acceptors (Lipinski definition) is 2. The Morgan fingerprint density at radius 2 is 1.67 bits per heavy atom. The standard InChI is InChI=1S/C23H20ClIN2/c1-15-8-13-20(21(24)14-15)22-16(2)27(19-11-9-18(25)10-12-19)23(26-22)17-6-4-3-5-7-17/h3-14,16,23H,1-2H3. The number of aliphatic imine (C=N–C) groups is 1. The van der Waals surface area contributed by atoms with Crippen molar-refractivity contribution in [1.82, 2.24) is 0 Å². The zero-order chi connectivity index (χ0) is 19.0. The van der Waals surface area contributed by atoms with Crippen molar-refractivity contribution >= 4 is 45.6 Å². The molecule has 3 aromatic carbocycles. The summed E-state index contributed by atoms with van der Waals surface area (Å²) in [4.78, 5) is 7.51. The number of aryl methyl sites for hydroxylation is 1. The van der Waals surface area contributed by atoms with Crippen LogP contribution in [0.1, 0.15) is 29.8 Å². The lowest BCUT2D eigenvalue weighted by atomic mass is 10.0. The van der Waals surface area contributed by atoms with E-state index in [9.17, 15) is 0 Å². The van der Waals surface area contributed by atoms with Gasteiger partial charge in [0, 0.05) is 19.8 Å². The van der Waals surface area contributed by atoms with E-state index in [1.807, 2.05) is 12.1 Å². The summed E-state index contributed by atoms with van der Waals surface area (Å²) in [7, 11) is 0. The molecule has 2 nitrogen and oxygen atoms in total. The lowest BCUT2D eigenvalue weighted by Crippen LogP contribution is -2.35. The van der Waals surface area contributed by atoms with Gasteiger partial charge in [0.1, 0.15) is 6.17 Å². The summed E-state index contributed by atoms with van der Waals surface area (Å²) in [6, 6.07) is 25.4. The molecule has 136 valence electrons. The van der Waals surface area contributed by atoms with Gasteiger partial charge in [-0.1, -0.05) is 54.1 Å². The first-order valence-electron chi connectivity index (χ1n) is 8.97. The summed E-state index contributed by atoms with van der Waals surface area (Å²) in [6.07, 6.45) is -0.0615. The molecule has 4 rings (SSSR count). The minimum Gasteiger partial charge on any atom is -0.337 e. The Labute approximate surface area is 179 Å². The number of hydrogen-bond donors (Lipinski definition) is 0. The first-order valence-corrected chi connectivity index (χ1v) is 10.4. The summed E-state index contributed by atoms with van der Waals surface area (Å²) in [5, 5.41) is 0.761. The van der Waals surface area contributed by atoms with Crippen LogP contribution in [-0.4, -0.2) is 11.8 Å². The molecule has 3 aromatic rings. The molecule has 0 aliphatic carbocycles. The molecule has 27 heavy (non-hydrogen) atoms. The highest BCUT2D eigenvalue weighted by molar-refractivity contribution is 14.1. The van der Waals surface area contributed by atoms with Crippen LogP contribution in [0.3, 0.4) is 0 Å². The van der Waals surface area contributed by atoms with Gasteiger partial charge in [-0.05, 0) is 77.9 Å². The van der Waals surface area contributed by atoms with Gasteiger partial charge in [0.2, 0.25) is 0 Å². The van der Waals surface area contributed by atoms with Crippen LogP contribution in [-0.2, 0) is 0 Å². The van der Waals surface area contributed by atoms with Gasteiger partial charge in [-0.3, -0.25) is 4.99 Å². The molecule has 1 aliphatic heterocycles. The molecule has 0 fully saturated rings. The van der Waals surface area contributed by atoms with Crippen LogP contribution in [0.25, 0.3) is 0 Å². The van der Waals surface area contributed by atoms with Crippen LogP contribution in [0.4, 0.5) is 5.69 Å². The zero-order valence-electron chi connectivity index (χ0n) is 15.2. The van der Waals surface area contributed by atoms with Crippen LogP contribution in [0.2, 0.25) is 5.02 Å². The first kappa shape index (κ1) is 18.5. The first-order chi connectivity index (χ1) is 13.0. The molecule has 1 aliphatic rings. The van der Waals surface area contributed by atoms with Crippen molar-refractivity contribution in [3.05, 3.63) is 98.1 Å². The van der Waals surface area contributed by atoms with Crippen molar-refractivity contribution in [1.29, 1.82) is 0 Å². The topological polar surface area (TPSA) is 15.6 Å². The van der Waals surface area contributed by atoms with Gasteiger partial charge < -0.3 is 4.90 Å². The van der Waals surface area contributed by atoms with E-state index in [2.05, 4.69) is 102 Å². The number of nitrogens with zero attached hydrogens (tertiary/aromatic N) is 2. The van der Waals surface area contributed by atoms with E-state index in [1.54, 1.807) is 0 Å². The Bertz CT molecular complexity index is 983. The molecule has 4 heteroatoms. The normalized spacial score (nSPS) is 19.3. The molecule has 2 atom stereocenters. The molecule has 0 radical (unpaired) electrons. The molecule has 0 N–H and O–H groups in total. The van der Waals surface area contributed by atoms with E-state index in [1.165, 1.54) is 14.8 Å². The largest absolute Gasteiger partial charge is 0.337 e. The summed E-state index contributed by atoms with van der Waals surface area (Å²) < 4.78 is 1.22. The van der Waals surface area contributed by atoms with Crippen molar-refractivity contribution in [2.24, 2.45) is 4.99 Å². The summed E-state index contributed by atoms with van der Waals surface area (Å²) in [5.74, 6) is 0. The van der Waals surface area contributed by atoms with Gasteiger partial charge in [-0.25, -0.2) is 0 Å². The van der Waals surface area contributed by atoms with E-state index in [0.717, 1.165) is 21.9 Å². The number of benzene rings is 3. The Morgan fingerprint density at radius 1 is 0.963 bits per heavy atom. The van der Waals surface area contributed by atoms with Crippen LogP contribution in [0.5, 0.6) is 0 Å². The number of rotatable bonds is 3. The van der Waals surface area contributed by atoms with E-state index in [-0.39, 0.29) is 12.2 Å². The Kier molecular flexibility index (Phi) is 5.24. The lowest BCUT2D eigenvalue weighted by molar-refractivity contribution is 0.675. The Hall–Kier alpha value is -1.85. The third-order valence-electron chi connectivity index (χ3n) is 4.96. The molecule has 0 saturated heterocycles. The summed E-state index contributed by atoms with van der Waals surface area (Å²) in [6.45, 7) is 4.26. The maximum Gasteiger partial charge on any atom is 0.148 e. The summed E-state index contributed by atoms with van der Waals surface area (Å²) in [5.41, 5.74) is 5.56. The maximum atomic E-state index is 6.58. The minimum atomic E-state index is -0.0615. The van der Waals surface area contributed by atoms with E-state index in [4.69, 9.17) is 16.6 Å². The monoisotopic (exact) mass is 486 g/mol. The second-order valence-electron chi connectivity index (χ2n) is 6.84. The van der Waals surface area contributed by atoms with Crippen molar-refractivity contribution < 1.29 is 0 Å². The van der Waals surface area contributed by atoms with Gasteiger partial charge in [-0.15, -0.1) is 0 Å². The third kappa shape index (κ3) is 3.63. The van der Waals surface area contributed by atoms with E-state index in [0.29, 0.717) is 0 Å². The van der Waals surface area contributed by atoms with Gasteiger partial charge in [0.05, 0.1) is 11.8 Å².